The molecule has 170 valence electrons. The molecule has 2 aromatic carbocycles. The van der Waals surface area contributed by atoms with Crippen LogP contribution in [0.3, 0.4) is 0 Å². The van der Waals surface area contributed by atoms with Crippen LogP contribution in [-0.2, 0) is 24.3 Å². The Morgan fingerprint density at radius 2 is 1.79 bits per heavy atom. The molecule has 0 saturated carbocycles. The summed E-state index contributed by atoms with van der Waals surface area (Å²) in [4.78, 5) is 33.6. The predicted octanol–water partition coefficient (Wildman–Crippen LogP) is 2.81. The topological polar surface area (TPSA) is 127 Å². The first-order valence-electron chi connectivity index (χ1n) is 9.97. The van der Waals surface area contributed by atoms with Gasteiger partial charge in [-0.2, -0.15) is 0 Å². The molecule has 9 nitrogen and oxygen atoms in total. The summed E-state index contributed by atoms with van der Waals surface area (Å²) in [7, 11) is -3.72. The highest BCUT2D eigenvalue weighted by atomic mass is 32.2. The van der Waals surface area contributed by atoms with E-state index in [-0.39, 0.29) is 10.7 Å². The molecule has 0 aliphatic carbocycles. The van der Waals surface area contributed by atoms with Gasteiger partial charge in [-0.1, -0.05) is 42.5 Å². The summed E-state index contributed by atoms with van der Waals surface area (Å²) in [6.07, 6.45) is -1.10. The van der Waals surface area contributed by atoms with E-state index in [2.05, 4.69) is 20.0 Å². The molecule has 4 rings (SSSR count). The third-order valence-corrected chi connectivity index (χ3v) is 6.95. The first-order chi connectivity index (χ1) is 15.7. The standard InChI is InChI=1S/C22H20N4O5S2/c1-13(23-19-16-10-6-7-11-18(16)33(29,30)26-19)21(28)31-14(2)20(27)25-22-24-17(12-32-22)15-8-4-3-5-9-15/h3-14H,1-2H3,(H,23,26)(H,24,25,27)/t13-,14-/m0/s1. The number of carbonyl (C=O) groups excluding carboxylic acids is 2. The Morgan fingerprint density at radius 1 is 1.09 bits per heavy atom. The molecule has 1 aliphatic rings. The van der Waals surface area contributed by atoms with Crippen LogP contribution in [0.1, 0.15) is 19.4 Å². The van der Waals surface area contributed by atoms with Gasteiger partial charge in [-0.15, -0.1) is 11.3 Å². The number of aromatic nitrogens is 1. The molecular weight excluding hydrogens is 464 g/mol. The van der Waals surface area contributed by atoms with E-state index >= 15 is 0 Å². The number of ether oxygens (including phenoxy) is 1. The minimum atomic E-state index is -3.72. The third-order valence-electron chi connectivity index (χ3n) is 4.79. The van der Waals surface area contributed by atoms with E-state index in [0.717, 1.165) is 11.3 Å². The maximum atomic E-state index is 12.5. The molecule has 1 aromatic heterocycles. The van der Waals surface area contributed by atoms with Crippen LogP contribution in [0, 0.1) is 0 Å². The average molecular weight is 485 g/mol. The number of hydrogen-bond donors (Lipinski definition) is 2. The predicted molar refractivity (Wildman–Crippen MR) is 124 cm³/mol. The highest BCUT2D eigenvalue weighted by Gasteiger charge is 2.31. The zero-order valence-electron chi connectivity index (χ0n) is 17.7. The number of hydrogen-bond acceptors (Lipinski definition) is 8. The van der Waals surface area contributed by atoms with Crippen LogP contribution in [0.4, 0.5) is 5.13 Å². The van der Waals surface area contributed by atoms with Gasteiger partial charge in [0.05, 0.1) is 10.6 Å². The second-order valence-electron chi connectivity index (χ2n) is 7.23. The quantitative estimate of drug-likeness (QED) is 0.518. The Kier molecular flexibility index (Phi) is 6.25. The van der Waals surface area contributed by atoms with Crippen molar-refractivity contribution < 1.29 is 22.7 Å². The lowest BCUT2D eigenvalue weighted by molar-refractivity contribution is -0.153. The number of benzene rings is 2. The van der Waals surface area contributed by atoms with Crippen molar-refractivity contribution in [2.24, 2.45) is 4.99 Å². The van der Waals surface area contributed by atoms with Crippen molar-refractivity contribution in [1.29, 1.82) is 0 Å². The molecule has 0 radical (unpaired) electrons. The second kappa shape index (κ2) is 9.12. The van der Waals surface area contributed by atoms with Gasteiger partial charge < -0.3 is 4.74 Å². The summed E-state index contributed by atoms with van der Waals surface area (Å²) in [6.45, 7) is 2.90. The molecule has 2 atom stereocenters. The van der Waals surface area contributed by atoms with Gasteiger partial charge in [-0.05, 0) is 26.0 Å². The number of rotatable bonds is 6. The number of nitrogens with one attached hydrogen (secondary N) is 2. The van der Waals surface area contributed by atoms with Crippen molar-refractivity contribution in [3.8, 4) is 11.3 Å². The number of nitrogens with zero attached hydrogens (tertiary/aromatic N) is 2. The van der Waals surface area contributed by atoms with E-state index in [9.17, 15) is 18.0 Å². The number of sulfonamides is 1. The highest BCUT2D eigenvalue weighted by molar-refractivity contribution is 7.90. The Balaban J connectivity index is 1.38. The summed E-state index contributed by atoms with van der Waals surface area (Å²) in [5.41, 5.74) is 2.02. The van der Waals surface area contributed by atoms with E-state index in [1.165, 1.54) is 31.3 Å². The number of amides is 1. The average Bonchev–Trinajstić information content (AvgIpc) is 3.36. The lowest BCUT2D eigenvalue weighted by atomic mass is 10.2. The van der Waals surface area contributed by atoms with E-state index in [0.29, 0.717) is 10.7 Å². The number of esters is 1. The minimum absolute atomic E-state index is 0.0587. The van der Waals surface area contributed by atoms with Crippen molar-refractivity contribution in [3.63, 3.8) is 0 Å². The first-order valence-corrected chi connectivity index (χ1v) is 12.3. The largest absolute Gasteiger partial charge is 0.451 e. The van der Waals surface area contributed by atoms with Gasteiger partial charge >= 0.3 is 5.97 Å². The molecule has 2 heterocycles. The maximum Gasteiger partial charge on any atom is 0.331 e. The molecule has 0 bridgehead atoms. The van der Waals surface area contributed by atoms with Crippen molar-refractivity contribution in [2.45, 2.75) is 30.9 Å². The molecule has 0 saturated heterocycles. The number of aliphatic imine (C=N–C) groups is 1. The summed E-state index contributed by atoms with van der Waals surface area (Å²) in [5.74, 6) is -1.25. The smallest absolute Gasteiger partial charge is 0.331 e. The fourth-order valence-electron chi connectivity index (χ4n) is 3.08. The van der Waals surface area contributed by atoms with Crippen LogP contribution in [0.2, 0.25) is 0 Å². The van der Waals surface area contributed by atoms with E-state index in [1.807, 2.05) is 35.7 Å². The molecule has 1 amide bonds. The van der Waals surface area contributed by atoms with E-state index < -0.39 is 34.0 Å². The van der Waals surface area contributed by atoms with Crippen LogP contribution in [0.5, 0.6) is 0 Å². The van der Waals surface area contributed by atoms with Gasteiger partial charge in [0.1, 0.15) is 11.9 Å². The molecule has 2 N–H and O–H groups in total. The third kappa shape index (κ3) is 4.94. The van der Waals surface area contributed by atoms with Gasteiger partial charge in [0.25, 0.3) is 15.9 Å². The number of fused-ring (bicyclic) bond motifs is 1. The first kappa shape index (κ1) is 22.6. The van der Waals surface area contributed by atoms with Crippen molar-refractivity contribution in [1.82, 2.24) is 9.71 Å². The fraction of sp³-hybridized carbons (Fsp3) is 0.182. The number of anilines is 1. The SMILES string of the molecule is C[C@H](N=C1NS(=O)(=O)c2ccccc21)C(=O)O[C@@H](C)C(=O)Nc1nc(-c2ccccc2)cs1. The lowest BCUT2D eigenvalue weighted by Crippen LogP contribution is -2.33. The Labute approximate surface area is 194 Å². The second-order valence-corrected chi connectivity index (χ2v) is 9.74. The van der Waals surface area contributed by atoms with Crippen LogP contribution in [-0.4, -0.2) is 43.3 Å². The van der Waals surface area contributed by atoms with Crippen LogP contribution < -0.4 is 10.0 Å². The molecule has 0 fully saturated rings. The molecule has 33 heavy (non-hydrogen) atoms. The fourth-order valence-corrected chi connectivity index (χ4v) is 5.04. The summed E-state index contributed by atoms with van der Waals surface area (Å²) in [5, 5.41) is 4.84. The van der Waals surface area contributed by atoms with Crippen molar-refractivity contribution in [2.75, 3.05) is 5.32 Å². The van der Waals surface area contributed by atoms with E-state index in [4.69, 9.17) is 4.74 Å². The summed E-state index contributed by atoms with van der Waals surface area (Å²) in [6, 6.07) is 14.8. The number of amidine groups is 1. The zero-order chi connectivity index (χ0) is 23.6. The highest BCUT2D eigenvalue weighted by Crippen LogP contribution is 2.25. The lowest BCUT2D eigenvalue weighted by Gasteiger charge is -2.14. The van der Waals surface area contributed by atoms with E-state index in [1.54, 1.807) is 18.2 Å². The van der Waals surface area contributed by atoms with Gasteiger partial charge in [-0.25, -0.2) is 18.2 Å². The molecular formula is C22H20N4O5S2. The monoisotopic (exact) mass is 484 g/mol. The normalized spacial score (nSPS) is 17.0. The van der Waals surface area contributed by atoms with Gasteiger partial charge in [0.2, 0.25) is 0 Å². The Bertz CT molecular complexity index is 1340. The van der Waals surface area contributed by atoms with Crippen LogP contribution >= 0.6 is 11.3 Å². The summed E-state index contributed by atoms with van der Waals surface area (Å²) < 4.78 is 31.9. The maximum absolute atomic E-state index is 12.5. The van der Waals surface area contributed by atoms with Crippen molar-refractivity contribution >= 4 is 44.2 Å². The minimum Gasteiger partial charge on any atom is -0.451 e. The summed E-state index contributed by atoms with van der Waals surface area (Å²) >= 11 is 1.26. The van der Waals surface area contributed by atoms with Gasteiger partial charge in [0, 0.05) is 16.5 Å². The molecule has 0 unspecified atom stereocenters. The van der Waals surface area contributed by atoms with Crippen LogP contribution in [0.25, 0.3) is 11.3 Å². The Hall–Kier alpha value is -3.57. The number of thiazole rings is 1. The molecule has 3 aromatic rings. The molecule has 1 aliphatic heterocycles. The zero-order valence-corrected chi connectivity index (χ0v) is 19.3. The van der Waals surface area contributed by atoms with Crippen molar-refractivity contribution in [3.05, 3.63) is 65.5 Å². The van der Waals surface area contributed by atoms with Crippen LogP contribution in [0.15, 0.2) is 69.9 Å². The number of carbonyl (C=O) groups is 2. The van der Waals surface area contributed by atoms with Gasteiger partial charge in [0.15, 0.2) is 11.2 Å². The molecule has 0 spiro atoms. The molecule has 11 heteroatoms. The van der Waals surface area contributed by atoms with Gasteiger partial charge in [-0.3, -0.25) is 19.8 Å². The Morgan fingerprint density at radius 3 is 2.55 bits per heavy atom.